The van der Waals surface area contributed by atoms with Crippen LogP contribution in [0, 0.1) is 0 Å². The minimum absolute atomic E-state index is 0.221. The van der Waals surface area contributed by atoms with Crippen molar-refractivity contribution >= 4 is 40.1 Å². The summed E-state index contributed by atoms with van der Waals surface area (Å²) in [5.74, 6) is 1.61. The summed E-state index contributed by atoms with van der Waals surface area (Å²) in [6, 6.07) is 20.8. The fourth-order valence-corrected chi connectivity index (χ4v) is 4.79. The number of hydrogen-bond donors (Lipinski definition) is 1. The molecule has 0 fully saturated rings. The standard InChI is InChI=1S/C25H21ClN4O3S/c1-32-20-12-9-16(13-21(20)33-2)23-27-19-6-4-3-5-18(19)22-24(31)28-25(29-30(22)23)34-14-15-7-10-17(26)11-8-15/h3-13,23H,14H2,1-2H3,(H,28,29,31)/t23-/m1/s1. The summed E-state index contributed by atoms with van der Waals surface area (Å²) in [7, 11) is 3.18. The largest absolute Gasteiger partial charge is 0.493 e. The first-order valence-electron chi connectivity index (χ1n) is 10.5. The fraction of sp³-hybridized carbons (Fsp3) is 0.160. The van der Waals surface area contributed by atoms with Gasteiger partial charge in [-0.2, -0.15) is 0 Å². The van der Waals surface area contributed by atoms with E-state index in [-0.39, 0.29) is 5.91 Å². The van der Waals surface area contributed by atoms with Crippen molar-refractivity contribution in [2.24, 2.45) is 10.1 Å². The van der Waals surface area contributed by atoms with Crippen LogP contribution >= 0.6 is 23.4 Å². The van der Waals surface area contributed by atoms with Crippen LogP contribution in [0.25, 0.3) is 5.70 Å². The van der Waals surface area contributed by atoms with E-state index >= 15 is 0 Å². The monoisotopic (exact) mass is 492 g/mol. The fourth-order valence-electron chi connectivity index (χ4n) is 3.86. The number of methoxy groups -OCH3 is 2. The summed E-state index contributed by atoms with van der Waals surface area (Å²) in [4.78, 5) is 18.2. The minimum Gasteiger partial charge on any atom is -0.493 e. The molecule has 2 aliphatic heterocycles. The van der Waals surface area contributed by atoms with Crippen LogP contribution in [-0.4, -0.2) is 30.3 Å². The third-order valence-electron chi connectivity index (χ3n) is 5.51. The van der Waals surface area contributed by atoms with E-state index in [0.717, 1.165) is 21.7 Å². The molecule has 172 valence electrons. The first kappa shape index (κ1) is 22.3. The Bertz CT molecular complexity index is 1410. The van der Waals surface area contributed by atoms with Gasteiger partial charge in [0, 0.05) is 21.6 Å². The average molecular weight is 493 g/mol. The molecule has 1 atom stereocenters. The summed E-state index contributed by atoms with van der Waals surface area (Å²) in [6.45, 7) is 0. The molecule has 0 unspecified atom stereocenters. The smallest absolute Gasteiger partial charge is 0.276 e. The van der Waals surface area contributed by atoms with Crippen LogP contribution < -0.4 is 25.4 Å². The summed E-state index contributed by atoms with van der Waals surface area (Å²) in [5, 5.41) is 12.1. The van der Waals surface area contributed by atoms with E-state index in [1.54, 1.807) is 19.2 Å². The van der Waals surface area contributed by atoms with E-state index in [0.29, 0.717) is 33.1 Å². The Hall–Kier alpha value is -3.49. The number of carbonyl (C=O) groups is 1. The van der Waals surface area contributed by atoms with E-state index in [2.05, 4.69) is 5.32 Å². The maximum absolute atomic E-state index is 13.3. The molecule has 7 nitrogen and oxygen atoms in total. The molecular weight excluding hydrogens is 472 g/mol. The lowest BCUT2D eigenvalue weighted by Gasteiger charge is -2.34. The molecule has 0 aromatic heterocycles. The van der Waals surface area contributed by atoms with Gasteiger partial charge in [0.25, 0.3) is 5.91 Å². The molecule has 0 bridgehead atoms. The minimum atomic E-state index is -0.540. The number of halogens is 1. The number of hydrazone groups is 1. The lowest BCUT2D eigenvalue weighted by atomic mass is 10.1. The molecular formula is C25H21ClN4O3S. The van der Waals surface area contributed by atoms with Crippen LogP contribution in [-0.2, 0) is 10.5 Å². The molecule has 0 radical (unpaired) electrons. The zero-order chi connectivity index (χ0) is 23.7. The van der Waals surface area contributed by atoms with Gasteiger partial charge in [-0.15, -0.1) is 5.10 Å². The van der Waals surface area contributed by atoms with Crippen LogP contribution in [0.1, 0.15) is 17.3 Å². The number of amides is 1. The normalized spacial score (nSPS) is 16.6. The predicted molar refractivity (Wildman–Crippen MR) is 133 cm³/mol. The second-order valence-corrected chi connectivity index (χ2v) is 9.00. The lowest BCUT2D eigenvalue weighted by molar-refractivity contribution is -0.116. The third kappa shape index (κ3) is 4.22. The quantitative estimate of drug-likeness (QED) is 0.590. The average Bonchev–Trinajstić information content (AvgIpc) is 2.87. The predicted octanol–water partition coefficient (Wildman–Crippen LogP) is 3.43. The number of carbonyl (C=O) groups excluding carboxylic acids is 1. The molecule has 2 aliphatic rings. The molecule has 0 spiro atoms. The molecule has 34 heavy (non-hydrogen) atoms. The second-order valence-electron chi connectivity index (χ2n) is 7.60. The number of rotatable bonds is 5. The van der Waals surface area contributed by atoms with Crippen molar-refractivity contribution in [3.63, 3.8) is 0 Å². The van der Waals surface area contributed by atoms with Gasteiger partial charge in [-0.3, -0.25) is 15.1 Å². The number of benzene rings is 3. The number of para-hydroxylation sites is 1. The molecule has 1 N–H and O–H groups in total. The Kier molecular flexibility index (Phi) is 6.17. The summed E-state index contributed by atoms with van der Waals surface area (Å²) in [5.41, 5.74) is 2.36. The van der Waals surface area contributed by atoms with Crippen LogP contribution in [0.4, 0.5) is 0 Å². The molecule has 5 rings (SSSR count). The number of fused-ring (bicyclic) bond motifs is 2. The maximum Gasteiger partial charge on any atom is 0.276 e. The Balaban J connectivity index is 1.56. The second kappa shape index (κ2) is 9.40. The van der Waals surface area contributed by atoms with Crippen molar-refractivity contribution < 1.29 is 14.3 Å². The first-order valence-corrected chi connectivity index (χ1v) is 11.9. The summed E-state index contributed by atoms with van der Waals surface area (Å²) >= 11 is 7.43. The SMILES string of the molecule is COc1ccc([C@@H]2N=c3ccccc3=C3C(=O)NC(SCc4ccc(Cl)cc4)=NN32)cc1OC. The summed E-state index contributed by atoms with van der Waals surface area (Å²) < 4.78 is 10.9. The van der Waals surface area contributed by atoms with E-state index < -0.39 is 6.17 Å². The molecule has 3 aromatic carbocycles. The van der Waals surface area contributed by atoms with Gasteiger partial charge >= 0.3 is 0 Å². The van der Waals surface area contributed by atoms with Gasteiger partial charge in [-0.1, -0.05) is 59.8 Å². The number of nitrogens with zero attached hydrogens (tertiary/aromatic N) is 3. The van der Waals surface area contributed by atoms with Crippen molar-refractivity contribution in [3.05, 3.63) is 93.5 Å². The number of thioether (sulfide) groups is 1. The molecule has 0 aliphatic carbocycles. The molecule has 2 heterocycles. The number of hydrogen-bond acceptors (Lipinski definition) is 7. The maximum atomic E-state index is 13.3. The molecule has 1 amide bonds. The van der Waals surface area contributed by atoms with Crippen LogP contribution in [0.2, 0.25) is 5.02 Å². The topological polar surface area (TPSA) is 75.5 Å². The van der Waals surface area contributed by atoms with Crippen molar-refractivity contribution in [1.82, 2.24) is 10.3 Å². The van der Waals surface area contributed by atoms with Crippen molar-refractivity contribution in [2.75, 3.05) is 14.2 Å². The van der Waals surface area contributed by atoms with Crippen LogP contribution in [0.5, 0.6) is 11.5 Å². The van der Waals surface area contributed by atoms with Gasteiger partial charge in [-0.05, 0) is 35.9 Å². The number of ether oxygens (including phenoxy) is 2. The number of nitrogens with one attached hydrogen (secondary N) is 1. The highest BCUT2D eigenvalue weighted by molar-refractivity contribution is 8.13. The molecule has 0 saturated carbocycles. The number of amidine groups is 1. The highest BCUT2D eigenvalue weighted by Crippen LogP contribution is 2.36. The Morgan fingerprint density at radius 1 is 1.03 bits per heavy atom. The van der Waals surface area contributed by atoms with Gasteiger partial charge in [0.05, 0.1) is 19.6 Å². The van der Waals surface area contributed by atoms with Gasteiger partial charge in [0.2, 0.25) is 0 Å². The van der Waals surface area contributed by atoms with E-state index in [9.17, 15) is 4.79 Å². The lowest BCUT2D eigenvalue weighted by Crippen LogP contribution is -2.50. The van der Waals surface area contributed by atoms with E-state index in [4.69, 9.17) is 31.2 Å². The highest BCUT2D eigenvalue weighted by atomic mass is 35.5. The zero-order valence-corrected chi connectivity index (χ0v) is 20.1. The molecule has 0 saturated heterocycles. The van der Waals surface area contributed by atoms with Crippen LogP contribution in [0.15, 0.2) is 76.8 Å². The van der Waals surface area contributed by atoms with Crippen LogP contribution in [0.3, 0.4) is 0 Å². The Morgan fingerprint density at radius 2 is 1.79 bits per heavy atom. The Labute approximate surface area is 205 Å². The van der Waals surface area contributed by atoms with Gasteiger partial charge in [-0.25, -0.2) is 5.01 Å². The van der Waals surface area contributed by atoms with Crippen molar-refractivity contribution in [3.8, 4) is 11.5 Å². The van der Waals surface area contributed by atoms with E-state index in [1.807, 2.05) is 66.7 Å². The molecule has 3 aromatic rings. The Morgan fingerprint density at radius 3 is 2.56 bits per heavy atom. The highest BCUT2D eigenvalue weighted by Gasteiger charge is 2.34. The van der Waals surface area contributed by atoms with Crippen molar-refractivity contribution in [1.29, 1.82) is 0 Å². The van der Waals surface area contributed by atoms with Gasteiger partial charge < -0.3 is 9.47 Å². The third-order valence-corrected chi connectivity index (χ3v) is 6.70. The zero-order valence-electron chi connectivity index (χ0n) is 18.5. The van der Waals surface area contributed by atoms with E-state index in [1.165, 1.54) is 11.8 Å². The first-order chi connectivity index (χ1) is 16.6. The molecule has 9 heteroatoms. The van der Waals surface area contributed by atoms with Crippen molar-refractivity contribution in [2.45, 2.75) is 11.9 Å². The van der Waals surface area contributed by atoms with Gasteiger partial charge in [0.15, 0.2) is 22.8 Å². The summed E-state index contributed by atoms with van der Waals surface area (Å²) in [6.07, 6.45) is -0.540. The van der Waals surface area contributed by atoms with Gasteiger partial charge in [0.1, 0.15) is 5.70 Å².